The molecule has 8 heteroatoms. The van der Waals surface area contributed by atoms with Crippen molar-refractivity contribution in [1.82, 2.24) is 0 Å². The summed E-state index contributed by atoms with van der Waals surface area (Å²) in [5, 5.41) is 40.9. The number of anilines is 2. The number of hydrogen-bond acceptors (Lipinski definition) is 7. The molecule has 0 heterocycles. The third-order valence-corrected chi connectivity index (χ3v) is 2.71. The fourth-order valence-corrected chi connectivity index (χ4v) is 1.91. The molecule has 0 aliphatic rings. The fourth-order valence-electron chi connectivity index (χ4n) is 1.91. The third kappa shape index (κ3) is 4.05. The van der Waals surface area contributed by atoms with Gasteiger partial charge in [0, 0.05) is 19.6 Å². The van der Waals surface area contributed by atoms with E-state index in [9.17, 15) is 10.1 Å². The lowest BCUT2D eigenvalue weighted by Gasteiger charge is -2.23. The van der Waals surface area contributed by atoms with Gasteiger partial charge in [-0.25, -0.2) is 0 Å². The van der Waals surface area contributed by atoms with Gasteiger partial charge >= 0.3 is 5.69 Å². The molecular weight excluding hydrogens is 266 g/mol. The van der Waals surface area contributed by atoms with Crippen molar-refractivity contribution in [3.8, 4) is 0 Å². The van der Waals surface area contributed by atoms with E-state index < -0.39 is 4.92 Å². The van der Waals surface area contributed by atoms with Gasteiger partial charge in [0.15, 0.2) is 0 Å². The highest BCUT2D eigenvalue weighted by Gasteiger charge is 2.23. The molecule has 20 heavy (non-hydrogen) atoms. The van der Waals surface area contributed by atoms with Crippen LogP contribution in [0.1, 0.15) is 0 Å². The second kappa shape index (κ2) is 8.31. The van der Waals surface area contributed by atoms with Crippen LogP contribution in [0, 0.1) is 10.1 Å². The van der Waals surface area contributed by atoms with Gasteiger partial charge in [-0.1, -0.05) is 6.07 Å². The Morgan fingerprint density at radius 2 is 1.80 bits per heavy atom. The summed E-state index contributed by atoms with van der Waals surface area (Å²) in [6.07, 6.45) is 0. The van der Waals surface area contributed by atoms with Gasteiger partial charge < -0.3 is 25.5 Å². The molecule has 0 saturated carbocycles. The highest BCUT2D eigenvalue weighted by Crippen LogP contribution is 2.35. The van der Waals surface area contributed by atoms with Gasteiger partial charge in [-0.05, 0) is 12.1 Å². The minimum atomic E-state index is -0.517. The lowest BCUT2D eigenvalue weighted by Crippen LogP contribution is -2.30. The molecule has 0 atom stereocenters. The predicted octanol–water partition coefficient (Wildman–Crippen LogP) is -0.210. The Morgan fingerprint density at radius 3 is 2.30 bits per heavy atom. The van der Waals surface area contributed by atoms with E-state index in [4.69, 9.17) is 15.3 Å². The molecule has 0 spiro atoms. The Labute approximate surface area is 116 Å². The van der Waals surface area contributed by atoms with Crippen molar-refractivity contribution in [3.63, 3.8) is 0 Å². The quantitative estimate of drug-likeness (QED) is 0.366. The molecule has 0 saturated heterocycles. The van der Waals surface area contributed by atoms with Crippen LogP contribution in [0.4, 0.5) is 17.1 Å². The second-order valence-corrected chi connectivity index (χ2v) is 4.02. The van der Waals surface area contributed by atoms with Crippen molar-refractivity contribution in [2.75, 3.05) is 49.7 Å². The lowest BCUT2D eigenvalue weighted by atomic mass is 10.2. The van der Waals surface area contributed by atoms with Crippen LogP contribution in [-0.4, -0.2) is 59.7 Å². The third-order valence-electron chi connectivity index (χ3n) is 2.71. The maximum atomic E-state index is 11.3. The smallest absolute Gasteiger partial charge is 0.315 e. The number of nitro groups is 1. The molecule has 0 radical (unpaired) electrons. The van der Waals surface area contributed by atoms with E-state index in [0.717, 1.165) is 0 Å². The molecule has 1 rings (SSSR count). The van der Waals surface area contributed by atoms with Gasteiger partial charge in [0.05, 0.1) is 24.7 Å². The monoisotopic (exact) mass is 285 g/mol. The molecule has 8 nitrogen and oxygen atoms in total. The SMILES string of the molecule is O=[N+]([O-])c1c(NCCO)cccc1N(CCO)CCO. The zero-order valence-corrected chi connectivity index (χ0v) is 11.0. The number of hydrogen-bond donors (Lipinski definition) is 4. The maximum Gasteiger partial charge on any atom is 0.315 e. The maximum absolute atomic E-state index is 11.3. The Bertz CT molecular complexity index is 435. The summed E-state index contributed by atoms with van der Waals surface area (Å²) in [6, 6.07) is 4.75. The highest BCUT2D eigenvalue weighted by atomic mass is 16.6. The first-order valence-corrected chi connectivity index (χ1v) is 6.24. The zero-order valence-electron chi connectivity index (χ0n) is 11.0. The molecule has 0 fully saturated rings. The molecule has 0 bridgehead atoms. The van der Waals surface area contributed by atoms with Crippen LogP contribution in [-0.2, 0) is 0 Å². The molecule has 0 amide bonds. The average Bonchev–Trinajstić information content (AvgIpc) is 2.44. The average molecular weight is 285 g/mol. The summed E-state index contributed by atoms with van der Waals surface area (Å²) in [5.41, 5.74) is 0.478. The van der Waals surface area contributed by atoms with E-state index in [2.05, 4.69) is 5.32 Å². The van der Waals surface area contributed by atoms with E-state index in [0.29, 0.717) is 11.4 Å². The fraction of sp³-hybridized carbons (Fsp3) is 0.500. The summed E-state index contributed by atoms with van der Waals surface area (Å²) in [5.74, 6) is 0. The molecule has 0 unspecified atom stereocenters. The Hall–Kier alpha value is -1.90. The molecule has 112 valence electrons. The molecule has 4 N–H and O–H groups in total. The van der Waals surface area contributed by atoms with E-state index in [1.54, 1.807) is 23.1 Å². The van der Waals surface area contributed by atoms with Crippen LogP contribution in [0.25, 0.3) is 0 Å². The van der Waals surface area contributed by atoms with Crippen LogP contribution < -0.4 is 10.2 Å². The summed E-state index contributed by atoms with van der Waals surface area (Å²) in [4.78, 5) is 12.3. The molecule has 0 aromatic heterocycles. The molecule has 0 aliphatic heterocycles. The van der Waals surface area contributed by atoms with Crippen LogP contribution in [0.2, 0.25) is 0 Å². The van der Waals surface area contributed by atoms with Crippen molar-refractivity contribution in [2.24, 2.45) is 0 Å². The first-order valence-electron chi connectivity index (χ1n) is 6.24. The van der Waals surface area contributed by atoms with E-state index in [-0.39, 0.29) is 45.1 Å². The minimum absolute atomic E-state index is 0.136. The Morgan fingerprint density at radius 1 is 1.15 bits per heavy atom. The first kappa shape index (κ1) is 16.2. The number of aliphatic hydroxyl groups excluding tert-OH is 3. The normalized spacial score (nSPS) is 10.3. The Kier molecular flexibility index (Phi) is 6.71. The number of nitro benzene ring substituents is 1. The number of benzene rings is 1. The largest absolute Gasteiger partial charge is 0.395 e. The van der Waals surface area contributed by atoms with E-state index >= 15 is 0 Å². The van der Waals surface area contributed by atoms with Crippen LogP contribution in [0.5, 0.6) is 0 Å². The summed E-state index contributed by atoms with van der Waals surface area (Å²) in [7, 11) is 0. The van der Waals surface area contributed by atoms with Gasteiger partial charge in [-0.2, -0.15) is 0 Å². The number of aliphatic hydroxyl groups is 3. The second-order valence-electron chi connectivity index (χ2n) is 4.02. The van der Waals surface area contributed by atoms with Crippen molar-refractivity contribution in [3.05, 3.63) is 28.3 Å². The van der Waals surface area contributed by atoms with Gasteiger partial charge in [0.25, 0.3) is 0 Å². The highest BCUT2D eigenvalue weighted by molar-refractivity contribution is 5.77. The van der Waals surface area contributed by atoms with Gasteiger partial charge in [0.1, 0.15) is 11.4 Å². The Balaban J connectivity index is 3.18. The molecular formula is C12H19N3O5. The topological polar surface area (TPSA) is 119 Å². The summed E-state index contributed by atoms with van der Waals surface area (Å²) < 4.78 is 0. The van der Waals surface area contributed by atoms with Gasteiger partial charge in [-0.3, -0.25) is 10.1 Å². The first-order chi connectivity index (χ1) is 9.65. The number of rotatable bonds is 9. The molecule has 1 aromatic rings. The predicted molar refractivity (Wildman–Crippen MR) is 75.1 cm³/mol. The summed E-state index contributed by atoms with van der Waals surface area (Å²) in [6.45, 7) is 0.0786. The van der Waals surface area contributed by atoms with Crippen molar-refractivity contribution >= 4 is 17.1 Å². The standard InChI is InChI=1S/C12H19N3O5/c16-7-4-13-10-2-1-3-11(12(10)15(19)20)14(5-8-17)6-9-18/h1-3,13,16-18H,4-9H2. The van der Waals surface area contributed by atoms with Crippen molar-refractivity contribution in [1.29, 1.82) is 0 Å². The molecule has 0 aliphatic carbocycles. The number of nitrogens with zero attached hydrogens (tertiary/aromatic N) is 2. The summed E-state index contributed by atoms with van der Waals surface area (Å²) >= 11 is 0. The van der Waals surface area contributed by atoms with Crippen molar-refractivity contribution in [2.45, 2.75) is 0 Å². The minimum Gasteiger partial charge on any atom is -0.395 e. The number of nitrogens with one attached hydrogen (secondary N) is 1. The van der Waals surface area contributed by atoms with E-state index in [1.165, 1.54) is 0 Å². The van der Waals surface area contributed by atoms with E-state index in [1.807, 2.05) is 0 Å². The van der Waals surface area contributed by atoms with Crippen molar-refractivity contribution < 1.29 is 20.2 Å². The number of para-hydroxylation sites is 1. The van der Waals surface area contributed by atoms with Gasteiger partial charge in [-0.15, -0.1) is 0 Å². The van der Waals surface area contributed by atoms with Gasteiger partial charge in [0.2, 0.25) is 0 Å². The van der Waals surface area contributed by atoms with Crippen LogP contribution in [0.15, 0.2) is 18.2 Å². The molecule has 1 aromatic carbocycles. The zero-order chi connectivity index (χ0) is 15.0. The van der Waals surface area contributed by atoms with Crippen LogP contribution in [0.3, 0.4) is 0 Å². The lowest BCUT2D eigenvalue weighted by molar-refractivity contribution is -0.383. The van der Waals surface area contributed by atoms with Crippen LogP contribution >= 0.6 is 0 Å².